The minimum atomic E-state index is -3.10. The highest BCUT2D eigenvalue weighted by Gasteiger charge is 2.32. The molecule has 0 radical (unpaired) electrons. The van der Waals surface area contributed by atoms with Crippen LogP contribution in [0.5, 0.6) is 0 Å². The van der Waals surface area contributed by atoms with E-state index in [1.165, 1.54) is 11.3 Å². The average Bonchev–Trinajstić information content (AvgIpc) is 3.49. The summed E-state index contributed by atoms with van der Waals surface area (Å²) in [6, 6.07) is 11.0. The number of carbonyl (C=O) groups is 1. The molecule has 1 aliphatic heterocycles. The number of nitrogens with one attached hydrogen (secondary N) is 1. The van der Waals surface area contributed by atoms with Crippen molar-refractivity contribution in [1.29, 1.82) is 0 Å². The van der Waals surface area contributed by atoms with Gasteiger partial charge in [0.05, 0.1) is 44.8 Å². The highest BCUT2D eigenvalue weighted by Crippen LogP contribution is 2.33. The van der Waals surface area contributed by atoms with Gasteiger partial charge in [-0.1, -0.05) is 22.0 Å². The van der Waals surface area contributed by atoms with E-state index in [0.717, 1.165) is 14.9 Å². The predicted molar refractivity (Wildman–Crippen MR) is 135 cm³/mol. The van der Waals surface area contributed by atoms with E-state index in [-0.39, 0.29) is 23.5 Å². The number of hydrogen-bond acceptors (Lipinski definition) is 6. The fourth-order valence-corrected chi connectivity index (χ4v) is 6.81. The van der Waals surface area contributed by atoms with Crippen molar-refractivity contribution in [1.82, 2.24) is 14.8 Å². The Bertz CT molecular complexity index is 1490. The molecule has 1 saturated heterocycles. The SMILES string of the molecule is Cc1cc(NC(=O)c2cc(-c3cccs3)nc3c2c(C)nn3C2CCS(=O)(=O)C2)ccc1Br. The fraction of sp³-hybridized carbons (Fsp3) is 0.261. The summed E-state index contributed by atoms with van der Waals surface area (Å²) in [6.45, 7) is 3.79. The minimum Gasteiger partial charge on any atom is -0.322 e. The number of amides is 1. The minimum absolute atomic E-state index is 0.0355. The summed E-state index contributed by atoms with van der Waals surface area (Å²) in [5, 5.41) is 10.2. The number of hydrogen-bond donors (Lipinski definition) is 1. The molecule has 3 aromatic heterocycles. The number of benzene rings is 1. The molecule has 1 fully saturated rings. The van der Waals surface area contributed by atoms with Crippen LogP contribution in [0.15, 0.2) is 46.3 Å². The van der Waals surface area contributed by atoms with Gasteiger partial charge in [-0.15, -0.1) is 11.3 Å². The molecule has 0 bridgehead atoms. The summed E-state index contributed by atoms with van der Waals surface area (Å²) in [5.41, 5.74) is 4.02. The highest BCUT2D eigenvalue weighted by molar-refractivity contribution is 9.10. The number of nitrogens with zero attached hydrogens (tertiary/aromatic N) is 3. The molecule has 0 aliphatic carbocycles. The number of sulfone groups is 1. The summed E-state index contributed by atoms with van der Waals surface area (Å²) >= 11 is 5.02. The van der Waals surface area contributed by atoms with Gasteiger partial charge in [-0.25, -0.2) is 18.1 Å². The summed E-state index contributed by atoms with van der Waals surface area (Å²) in [5.74, 6) is -0.0871. The zero-order chi connectivity index (χ0) is 23.3. The number of pyridine rings is 1. The topological polar surface area (TPSA) is 93.9 Å². The second kappa shape index (κ2) is 8.34. The van der Waals surface area contributed by atoms with Gasteiger partial charge in [-0.05, 0) is 61.5 Å². The van der Waals surface area contributed by atoms with Gasteiger partial charge in [0.25, 0.3) is 5.91 Å². The Kier molecular flexibility index (Phi) is 5.62. The van der Waals surface area contributed by atoms with Crippen LogP contribution in [0.4, 0.5) is 5.69 Å². The van der Waals surface area contributed by atoms with E-state index in [1.807, 2.05) is 49.6 Å². The first kappa shape index (κ1) is 22.2. The Morgan fingerprint density at radius 2 is 2.06 bits per heavy atom. The number of carbonyl (C=O) groups excluding carboxylic acids is 1. The zero-order valence-corrected chi connectivity index (χ0v) is 21.2. The van der Waals surface area contributed by atoms with Crippen molar-refractivity contribution in [3.8, 4) is 10.6 Å². The van der Waals surface area contributed by atoms with Gasteiger partial charge in [-0.2, -0.15) is 5.10 Å². The van der Waals surface area contributed by atoms with E-state index in [4.69, 9.17) is 4.98 Å². The largest absolute Gasteiger partial charge is 0.322 e. The van der Waals surface area contributed by atoms with Crippen molar-refractivity contribution in [2.45, 2.75) is 26.3 Å². The van der Waals surface area contributed by atoms with Crippen LogP contribution < -0.4 is 5.32 Å². The van der Waals surface area contributed by atoms with Crippen molar-refractivity contribution < 1.29 is 13.2 Å². The maximum Gasteiger partial charge on any atom is 0.256 e. The number of anilines is 1. The van der Waals surface area contributed by atoms with Crippen LogP contribution in [-0.2, 0) is 9.84 Å². The third-order valence-electron chi connectivity index (χ3n) is 5.83. The van der Waals surface area contributed by atoms with Gasteiger partial charge in [-0.3, -0.25) is 4.79 Å². The Balaban J connectivity index is 1.65. The van der Waals surface area contributed by atoms with E-state index in [9.17, 15) is 13.2 Å². The van der Waals surface area contributed by atoms with E-state index in [1.54, 1.807) is 10.7 Å². The smallest absolute Gasteiger partial charge is 0.256 e. The standard InChI is InChI=1S/C23H21BrN4O3S2/c1-13-10-15(5-6-18(13)24)25-23(29)17-11-19(20-4-3-8-32-20)26-22-21(17)14(2)27-28(22)16-7-9-33(30,31)12-16/h3-6,8,10-11,16H,7,9,12H2,1-2H3,(H,25,29). The van der Waals surface area contributed by atoms with Crippen LogP contribution in [0.1, 0.15) is 34.1 Å². The van der Waals surface area contributed by atoms with E-state index < -0.39 is 9.84 Å². The number of aryl methyl sites for hydroxylation is 2. The first-order chi connectivity index (χ1) is 15.7. The van der Waals surface area contributed by atoms with Crippen LogP contribution in [0.2, 0.25) is 0 Å². The summed E-state index contributed by atoms with van der Waals surface area (Å²) in [7, 11) is -3.10. The molecule has 4 heterocycles. The second-order valence-electron chi connectivity index (χ2n) is 8.24. The lowest BCUT2D eigenvalue weighted by atomic mass is 10.1. The first-order valence-corrected chi connectivity index (χ1v) is 13.9. The molecule has 33 heavy (non-hydrogen) atoms. The van der Waals surface area contributed by atoms with Crippen LogP contribution in [0.3, 0.4) is 0 Å². The maximum atomic E-state index is 13.5. The van der Waals surface area contributed by atoms with E-state index in [0.29, 0.717) is 40.1 Å². The molecule has 0 saturated carbocycles. The number of fused-ring (bicyclic) bond motifs is 1. The number of thiophene rings is 1. The van der Waals surface area contributed by atoms with Gasteiger partial charge in [0.15, 0.2) is 15.5 Å². The molecule has 1 aromatic carbocycles. The molecule has 170 valence electrons. The quantitative estimate of drug-likeness (QED) is 0.383. The summed E-state index contributed by atoms with van der Waals surface area (Å²) in [4.78, 5) is 19.2. The molecule has 1 aliphatic rings. The summed E-state index contributed by atoms with van der Waals surface area (Å²) in [6.07, 6.45) is 0.489. The lowest BCUT2D eigenvalue weighted by molar-refractivity contribution is 0.102. The Hall–Kier alpha value is -2.56. The van der Waals surface area contributed by atoms with E-state index >= 15 is 0 Å². The molecule has 1 unspecified atom stereocenters. The predicted octanol–water partition coefficient (Wildman–Crippen LogP) is 5.15. The average molecular weight is 545 g/mol. The van der Waals surface area contributed by atoms with Gasteiger partial charge in [0.1, 0.15) is 0 Å². The third kappa shape index (κ3) is 4.22. The first-order valence-electron chi connectivity index (χ1n) is 10.4. The highest BCUT2D eigenvalue weighted by atomic mass is 79.9. The van der Waals surface area contributed by atoms with Crippen molar-refractivity contribution in [3.63, 3.8) is 0 Å². The van der Waals surface area contributed by atoms with Crippen LogP contribution in [0, 0.1) is 13.8 Å². The molecule has 1 amide bonds. The van der Waals surface area contributed by atoms with Gasteiger partial charge < -0.3 is 5.32 Å². The molecule has 10 heteroatoms. The molecule has 4 aromatic rings. The van der Waals surface area contributed by atoms with Crippen molar-refractivity contribution in [2.75, 3.05) is 16.8 Å². The fourth-order valence-electron chi connectivity index (χ4n) is 4.19. The third-order valence-corrected chi connectivity index (χ3v) is 9.36. The van der Waals surface area contributed by atoms with Gasteiger partial charge in [0, 0.05) is 10.2 Å². The molecular weight excluding hydrogens is 524 g/mol. The van der Waals surface area contributed by atoms with Gasteiger partial charge >= 0.3 is 0 Å². The number of halogens is 1. The lowest BCUT2D eigenvalue weighted by Gasteiger charge is -2.12. The Labute approximate surface area is 203 Å². The monoisotopic (exact) mass is 544 g/mol. The maximum absolute atomic E-state index is 13.5. The Morgan fingerprint density at radius 1 is 1.24 bits per heavy atom. The van der Waals surface area contributed by atoms with Gasteiger partial charge in [0.2, 0.25) is 0 Å². The molecular formula is C23H21BrN4O3S2. The van der Waals surface area contributed by atoms with E-state index in [2.05, 4.69) is 26.3 Å². The molecule has 1 atom stereocenters. The van der Waals surface area contributed by atoms with Crippen LogP contribution in [-0.4, -0.2) is 40.6 Å². The second-order valence-corrected chi connectivity index (χ2v) is 12.3. The molecule has 5 rings (SSSR count). The molecule has 1 N–H and O–H groups in total. The lowest BCUT2D eigenvalue weighted by Crippen LogP contribution is -2.15. The van der Waals surface area contributed by atoms with Crippen molar-refractivity contribution in [3.05, 3.63) is 63.1 Å². The number of aromatic nitrogens is 3. The normalized spacial score (nSPS) is 17.5. The molecule has 0 spiro atoms. The summed E-state index contributed by atoms with van der Waals surface area (Å²) < 4.78 is 26.9. The zero-order valence-electron chi connectivity index (χ0n) is 18.0. The molecule has 7 nitrogen and oxygen atoms in total. The Morgan fingerprint density at radius 3 is 2.73 bits per heavy atom. The van der Waals surface area contributed by atoms with Crippen LogP contribution in [0.25, 0.3) is 21.6 Å². The van der Waals surface area contributed by atoms with Crippen molar-refractivity contribution >= 4 is 59.7 Å². The van der Waals surface area contributed by atoms with Crippen LogP contribution >= 0.6 is 27.3 Å². The van der Waals surface area contributed by atoms with Crippen molar-refractivity contribution in [2.24, 2.45) is 0 Å². The number of rotatable bonds is 4.